The van der Waals surface area contributed by atoms with Crippen molar-refractivity contribution in [2.75, 3.05) is 39.6 Å². The summed E-state index contributed by atoms with van der Waals surface area (Å²) < 4.78 is 68.7. The molecule has 0 spiro atoms. The second-order valence-corrected chi connectivity index (χ2v) is 33.4. The van der Waals surface area contributed by atoms with Gasteiger partial charge >= 0.3 is 39.5 Å². The second-order valence-electron chi connectivity index (χ2n) is 30.5. The van der Waals surface area contributed by atoms with Crippen molar-refractivity contribution in [1.29, 1.82) is 0 Å². The van der Waals surface area contributed by atoms with Gasteiger partial charge in [0.2, 0.25) is 0 Å². The molecule has 3 N–H and O–H groups in total. The molecule has 3 unspecified atom stereocenters. The fourth-order valence-electron chi connectivity index (χ4n) is 12.2. The summed E-state index contributed by atoms with van der Waals surface area (Å²) in [7, 11) is -9.92. The highest BCUT2D eigenvalue weighted by Gasteiger charge is 2.30. The molecule has 0 heterocycles. The second kappa shape index (κ2) is 69.1. The van der Waals surface area contributed by atoms with Gasteiger partial charge in [-0.05, 0) is 49.4 Å². The molecule has 0 fully saturated rings. The summed E-state index contributed by atoms with van der Waals surface area (Å²) >= 11 is 0. The number of phosphoric ester groups is 2. The summed E-state index contributed by atoms with van der Waals surface area (Å²) in [4.78, 5) is 73.0. The maximum Gasteiger partial charge on any atom is 0.472 e. The Balaban J connectivity index is 5.24. The van der Waals surface area contributed by atoms with Crippen molar-refractivity contribution >= 4 is 39.5 Å². The third-order valence-corrected chi connectivity index (χ3v) is 20.8. The van der Waals surface area contributed by atoms with E-state index in [-0.39, 0.29) is 25.7 Å². The maximum atomic E-state index is 13.1. The minimum atomic E-state index is -4.96. The van der Waals surface area contributed by atoms with Gasteiger partial charge in [-0.1, -0.05) is 357 Å². The predicted molar refractivity (Wildman–Crippen MR) is 404 cm³/mol. The van der Waals surface area contributed by atoms with Gasteiger partial charge in [-0.25, -0.2) is 9.13 Å². The van der Waals surface area contributed by atoms with Crippen LogP contribution in [0.2, 0.25) is 0 Å². The van der Waals surface area contributed by atoms with Crippen LogP contribution in [0.1, 0.15) is 409 Å². The Morgan fingerprint density at radius 3 is 0.717 bits per heavy atom. The van der Waals surface area contributed by atoms with Crippen LogP contribution in [0.15, 0.2) is 0 Å². The lowest BCUT2D eigenvalue weighted by molar-refractivity contribution is -0.161. The average Bonchev–Trinajstić information content (AvgIpc) is 0.995. The van der Waals surface area contributed by atoms with E-state index >= 15 is 0 Å². The normalized spacial score (nSPS) is 14.3. The Kier molecular flexibility index (Phi) is 67.8. The molecule has 588 valence electrons. The van der Waals surface area contributed by atoms with Gasteiger partial charge in [-0.3, -0.25) is 37.3 Å². The lowest BCUT2D eigenvalue weighted by atomic mass is 9.99. The van der Waals surface area contributed by atoms with Crippen LogP contribution in [-0.2, 0) is 65.4 Å². The zero-order valence-electron chi connectivity index (χ0n) is 65.1. The lowest BCUT2D eigenvalue weighted by Crippen LogP contribution is -2.30. The van der Waals surface area contributed by atoms with E-state index in [1.165, 1.54) is 205 Å². The van der Waals surface area contributed by atoms with Crippen LogP contribution in [0.3, 0.4) is 0 Å². The van der Waals surface area contributed by atoms with Crippen LogP contribution in [0.5, 0.6) is 0 Å². The molecule has 0 saturated carbocycles. The summed E-state index contributed by atoms with van der Waals surface area (Å²) in [5.74, 6) is 0.985. The first kappa shape index (κ1) is 97.1. The topological polar surface area (TPSA) is 237 Å². The minimum Gasteiger partial charge on any atom is -0.462 e. The van der Waals surface area contributed by atoms with Crippen molar-refractivity contribution in [2.24, 2.45) is 23.7 Å². The Labute approximate surface area is 607 Å². The van der Waals surface area contributed by atoms with E-state index in [0.29, 0.717) is 31.6 Å². The highest BCUT2D eigenvalue weighted by Crippen LogP contribution is 2.45. The van der Waals surface area contributed by atoms with E-state index in [0.717, 1.165) is 114 Å². The van der Waals surface area contributed by atoms with Crippen LogP contribution in [0.25, 0.3) is 0 Å². The zero-order chi connectivity index (χ0) is 73.1. The van der Waals surface area contributed by atoms with Crippen molar-refractivity contribution in [2.45, 2.75) is 427 Å². The average molecular weight is 1450 g/mol. The Morgan fingerprint density at radius 2 is 0.485 bits per heavy atom. The molecule has 0 aromatic heterocycles. The maximum absolute atomic E-state index is 13.1. The number of carbonyl (C=O) groups is 4. The Bertz CT molecular complexity index is 1940. The zero-order valence-corrected chi connectivity index (χ0v) is 66.9. The van der Waals surface area contributed by atoms with E-state index < -0.39 is 97.5 Å². The van der Waals surface area contributed by atoms with Gasteiger partial charge in [0.25, 0.3) is 0 Å². The van der Waals surface area contributed by atoms with Crippen LogP contribution >= 0.6 is 15.6 Å². The van der Waals surface area contributed by atoms with E-state index in [2.05, 4.69) is 55.4 Å². The highest BCUT2D eigenvalue weighted by atomic mass is 31.2. The van der Waals surface area contributed by atoms with Gasteiger partial charge in [0.15, 0.2) is 12.2 Å². The lowest BCUT2D eigenvalue weighted by Gasteiger charge is -2.21. The largest absolute Gasteiger partial charge is 0.472 e. The summed E-state index contributed by atoms with van der Waals surface area (Å²) in [6.07, 6.45) is 55.6. The molecule has 0 radical (unpaired) electrons. The molecule has 6 atom stereocenters. The van der Waals surface area contributed by atoms with Gasteiger partial charge in [0.1, 0.15) is 19.3 Å². The standard InChI is InChI=1S/C80H156O17P2/c1-9-73(8)59-51-43-34-28-22-15-11-13-16-23-29-35-44-52-60-77(82)90-66-75(96-79(84)62-54-46-36-30-24-17-12-10-14-20-26-32-40-48-56-70(2)3)68-94-98(86,87)92-64-74(81)65-93-99(88,89)95-69-76(67-91-78(83)61-53-45-39-38-42-50-58-72(6)7)97-80(85)63-55-47-37-31-25-19-18-21-27-33-41-49-57-71(4)5/h70-76,81H,9-69H2,1-8H3,(H,86,87)(H,88,89)/t73?,74-,75-,76-/m1/s1. The number of aliphatic hydroxyl groups is 1. The molecule has 0 aliphatic heterocycles. The fraction of sp³-hybridized carbons (Fsp3) is 0.950. The first-order valence-electron chi connectivity index (χ1n) is 41.2. The predicted octanol–water partition coefficient (Wildman–Crippen LogP) is 23.6. The SMILES string of the molecule is CCC(C)CCCCCCCCCCCCCCCCC(=O)OC[C@H](COP(=O)(O)OC[C@@H](O)COP(=O)(O)OC[C@@H](COC(=O)CCCCCCCCC(C)C)OC(=O)CCCCCCCCCCCCCCC(C)C)OC(=O)CCCCCCCCCCCCCCCCC(C)C. The third-order valence-electron chi connectivity index (χ3n) is 18.9. The van der Waals surface area contributed by atoms with Crippen LogP contribution in [0, 0.1) is 23.7 Å². The molecule has 0 amide bonds. The van der Waals surface area contributed by atoms with Crippen LogP contribution in [-0.4, -0.2) is 96.7 Å². The molecule has 0 aromatic rings. The molecule has 0 aliphatic rings. The molecule has 0 aliphatic carbocycles. The number of hydrogen-bond donors (Lipinski definition) is 3. The molecular formula is C80H156O17P2. The van der Waals surface area contributed by atoms with Crippen molar-refractivity contribution in [3.63, 3.8) is 0 Å². The van der Waals surface area contributed by atoms with E-state index in [1.807, 2.05) is 0 Å². The molecule has 0 bridgehead atoms. The smallest absolute Gasteiger partial charge is 0.462 e. The van der Waals surface area contributed by atoms with Gasteiger partial charge in [-0.2, -0.15) is 0 Å². The van der Waals surface area contributed by atoms with Crippen molar-refractivity contribution in [3.8, 4) is 0 Å². The van der Waals surface area contributed by atoms with E-state index in [1.54, 1.807) is 0 Å². The first-order chi connectivity index (χ1) is 47.6. The number of esters is 4. The monoisotopic (exact) mass is 1450 g/mol. The van der Waals surface area contributed by atoms with Gasteiger partial charge in [0, 0.05) is 25.7 Å². The Morgan fingerprint density at radius 1 is 0.283 bits per heavy atom. The number of rotatable bonds is 77. The van der Waals surface area contributed by atoms with Crippen LogP contribution in [0.4, 0.5) is 0 Å². The molecule has 0 rings (SSSR count). The van der Waals surface area contributed by atoms with Crippen molar-refractivity contribution in [3.05, 3.63) is 0 Å². The van der Waals surface area contributed by atoms with Crippen LogP contribution < -0.4 is 0 Å². The van der Waals surface area contributed by atoms with E-state index in [4.69, 9.17) is 37.0 Å². The summed E-state index contributed by atoms with van der Waals surface area (Å²) in [5.41, 5.74) is 0. The summed E-state index contributed by atoms with van der Waals surface area (Å²) in [5, 5.41) is 10.6. The van der Waals surface area contributed by atoms with Gasteiger partial charge in [0.05, 0.1) is 26.4 Å². The number of unbranched alkanes of at least 4 members (excludes halogenated alkanes) is 42. The molecular weight excluding hydrogens is 1290 g/mol. The van der Waals surface area contributed by atoms with E-state index in [9.17, 15) is 43.2 Å². The van der Waals surface area contributed by atoms with Gasteiger partial charge < -0.3 is 33.8 Å². The molecule has 19 heteroatoms. The number of aliphatic hydroxyl groups excluding tert-OH is 1. The molecule has 99 heavy (non-hydrogen) atoms. The highest BCUT2D eigenvalue weighted by molar-refractivity contribution is 7.47. The number of ether oxygens (including phenoxy) is 4. The van der Waals surface area contributed by atoms with Crippen molar-refractivity contribution < 1.29 is 80.2 Å². The number of phosphoric acid groups is 2. The first-order valence-corrected chi connectivity index (χ1v) is 44.2. The molecule has 0 aromatic carbocycles. The Hall–Kier alpha value is -1.94. The fourth-order valence-corrected chi connectivity index (χ4v) is 13.8. The molecule has 17 nitrogen and oxygen atoms in total. The summed E-state index contributed by atoms with van der Waals surface area (Å²) in [6, 6.07) is 0. The third kappa shape index (κ3) is 72.8. The van der Waals surface area contributed by atoms with Gasteiger partial charge in [-0.15, -0.1) is 0 Å². The quantitative estimate of drug-likeness (QED) is 0.0222. The molecule has 0 saturated heterocycles. The summed E-state index contributed by atoms with van der Waals surface area (Å²) in [6.45, 7) is 14.2. The minimum absolute atomic E-state index is 0.106. The number of hydrogen-bond acceptors (Lipinski definition) is 15. The van der Waals surface area contributed by atoms with Crippen molar-refractivity contribution in [1.82, 2.24) is 0 Å². The number of carbonyl (C=O) groups excluding carboxylic acids is 4.